The summed E-state index contributed by atoms with van der Waals surface area (Å²) >= 11 is 0. The van der Waals surface area contributed by atoms with Crippen molar-refractivity contribution in [1.82, 2.24) is 5.43 Å². The quantitative estimate of drug-likeness (QED) is 0.338. The molecule has 0 aliphatic carbocycles. The molecule has 6 nitrogen and oxygen atoms in total. The smallest absolute Gasteiger partial charge is 0.271 e. The van der Waals surface area contributed by atoms with Gasteiger partial charge < -0.3 is 15.3 Å². The maximum absolute atomic E-state index is 11.9. The first-order chi connectivity index (χ1) is 11.5. The van der Waals surface area contributed by atoms with Crippen molar-refractivity contribution in [3.63, 3.8) is 0 Å². The molecule has 3 aromatic rings. The molecule has 0 atom stereocenters. The van der Waals surface area contributed by atoms with Gasteiger partial charge in [0.15, 0.2) is 17.2 Å². The van der Waals surface area contributed by atoms with Crippen LogP contribution in [0.4, 0.5) is 0 Å². The van der Waals surface area contributed by atoms with Crippen molar-refractivity contribution < 1.29 is 20.1 Å². The Balaban J connectivity index is 1.74. The highest BCUT2D eigenvalue weighted by Crippen LogP contribution is 2.35. The Labute approximate surface area is 137 Å². The molecule has 4 N–H and O–H groups in total. The standard InChI is InChI=1S/C18H14N2O4/c21-15-8-14(9-16(22)17(15)23)18(24)20-19-10-11-5-6-12-3-1-2-4-13(12)7-11/h1-10,21-23H,(H,20,24)/b19-10+. The lowest BCUT2D eigenvalue weighted by Gasteiger charge is -2.04. The molecule has 0 radical (unpaired) electrons. The fraction of sp³-hybridized carbons (Fsp3) is 0. The number of carbonyl (C=O) groups excluding carboxylic acids is 1. The van der Waals surface area contributed by atoms with E-state index < -0.39 is 23.2 Å². The summed E-state index contributed by atoms with van der Waals surface area (Å²) in [6.45, 7) is 0. The lowest BCUT2D eigenvalue weighted by Crippen LogP contribution is -2.17. The number of hydrazone groups is 1. The van der Waals surface area contributed by atoms with Gasteiger partial charge in [-0.1, -0.05) is 36.4 Å². The monoisotopic (exact) mass is 322 g/mol. The number of amides is 1. The fourth-order valence-electron chi connectivity index (χ4n) is 2.25. The summed E-state index contributed by atoms with van der Waals surface area (Å²) in [6, 6.07) is 15.7. The van der Waals surface area contributed by atoms with Gasteiger partial charge in [0.25, 0.3) is 5.91 Å². The van der Waals surface area contributed by atoms with Gasteiger partial charge in [-0.05, 0) is 34.5 Å². The van der Waals surface area contributed by atoms with Gasteiger partial charge in [-0.2, -0.15) is 5.10 Å². The molecule has 0 bridgehead atoms. The summed E-state index contributed by atoms with van der Waals surface area (Å²) in [5, 5.41) is 34.1. The Morgan fingerprint density at radius 2 is 1.58 bits per heavy atom. The molecular formula is C18H14N2O4. The fourth-order valence-corrected chi connectivity index (χ4v) is 2.25. The van der Waals surface area contributed by atoms with Crippen LogP contribution in [0.2, 0.25) is 0 Å². The van der Waals surface area contributed by atoms with Crippen LogP contribution < -0.4 is 5.43 Å². The van der Waals surface area contributed by atoms with Crippen molar-refractivity contribution >= 4 is 22.9 Å². The van der Waals surface area contributed by atoms with E-state index in [2.05, 4.69) is 10.5 Å². The number of phenolic OH excluding ortho intramolecular Hbond substituents is 3. The third-order valence-electron chi connectivity index (χ3n) is 3.49. The minimum Gasteiger partial charge on any atom is -0.504 e. The Morgan fingerprint density at radius 1 is 0.917 bits per heavy atom. The first kappa shape index (κ1) is 15.4. The summed E-state index contributed by atoms with van der Waals surface area (Å²) in [4.78, 5) is 11.9. The second-order valence-electron chi connectivity index (χ2n) is 5.17. The Bertz CT molecular complexity index is 928. The van der Waals surface area contributed by atoms with Crippen LogP contribution in [0.3, 0.4) is 0 Å². The molecule has 0 spiro atoms. The van der Waals surface area contributed by atoms with Crippen LogP contribution in [0.15, 0.2) is 59.7 Å². The van der Waals surface area contributed by atoms with E-state index in [1.807, 2.05) is 42.5 Å². The highest BCUT2D eigenvalue weighted by Gasteiger charge is 2.12. The molecule has 6 heteroatoms. The molecule has 0 heterocycles. The molecule has 24 heavy (non-hydrogen) atoms. The van der Waals surface area contributed by atoms with Crippen molar-refractivity contribution in [3.05, 3.63) is 65.7 Å². The predicted molar refractivity (Wildman–Crippen MR) is 90.4 cm³/mol. The number of nitrogens with one attached hydrogen (secondary N) is 1. The van der Waals surface area contributed by atoms with E-state index in [0.717, 1.165) is 28.5 Å². The molecule has 3 rings (SSSR count). The van der Waals surface area contributed by atoms with Crippen molar-refractivity contribution in [2.75, 3.05) is 0 Å². The number of hydrogen-bond acceptors (Lipinski definition) is 5. The van der Waals surface area contributed by atoms with E-state index in [9.17, 15) is 20.1 Å². The second kappa shape index (κ2) is 6.29. The van der Waals surface area contributed by atoms with Gasteiger partial charge in [-0.25, -0.2) is 5.43 Å². The Hall–Kier alpha value is -3.54. The zero-order valence-electron chi connectivity index (χ0n) is 12.5. The van der Waals surface area contributed by atoms with Crippen molar-refractivity contribution in [2.45, 2.75) is 0 Å². The van der Waals surface area contributed by atoms with Crippen molar-refractivity contribution in [2.24, 2.45) is 5.10 Å². The van der Waals surface area contributed by atoms with E-state index in [4.69, 9.17) is 0 Å². The first-order valence-corrected chi connectivity index (χ1v) is 7.12. The third kappa shape index (κ3) is 3.12. The molecule has 0 saturated carbocycles. The molecular weight excluding hydrogens is 308 g/mol. The van der Waals surface area contributed by atoms with Gasteiger partial charge in [0, 0.05) is 5.56 Å². The van der Waals surface area contributed by atoms with Gasteiger partial charge in [0.05, 0.1) is 6.21 Å². The van der Waals surface area contributed by atoms with E-state index in [-0.39, 0.29) is 5.56 Å². The number of fused-ring (bicyclic) bond motifs is 1. The van der Waals surface area contributed by atoms with Crippen LogP contribution in [0, 0.1) is 0 Å². The summed E-state index contributed by atoms with van der Waals surface area (Å²) in [7, 11) is 0. The van der Waals surface area contributed by atoms with E-state index in [1.165, 1.54) is 6.21 Å². The van der Waals surface area contributed by atoms with Crippen LogP contribution in [-0.4, -0.2) is 27.4 Å². The molecule has 120 valence electrons. The number of hydrogen-bond donors (Lipinski definition) is 4. The maximum atomic E-state index is 11.9. The summed E-state index contributed by atoms with van der Waals surface area (Å²) < 4.78 is 0. The maximum Gasteiger partial charge on any atom is 0.271 e. The number of rotatable bonds is 3. The van der Waals surface area contributed by atoms with E-state index in [0.29, 0.717) is 0 Å². The second-order valence-corrected chi connectivity index (χ2v) is 5.17. The van der Waals surface area contributed by atoms with E-state index >= 15 is 0 Å². The Morgan fingerprint density at radius 3 is 2.29 bits per heavy atom. The predicted octanol–water partition coefficient (Wildman–Crippen LogP) is 2.72. The van der Waals surface area contributed by atoms with Crippen molar-refractivity contribution in [3.8, 4) is 17.2 Å². The van der Waals surface area contributed by atoms with Crippen LogP contribution in [0.25, 0.3) is 10.8 Å². The normalized spacial score (nSPS) is 11.0. The number of benzene rings is 3. The zero-order valence-corrected chi connectivity index (χ0v) is 12.5. The third-order valence-corrected chi connectivity index (χ3v) is 3.49. The Kier molecular flexibility index (Phi) is 4.03. The summed E-state index contributed by atoms with van der Waals surface area (Å²) in [5.41, 5.74) is 3.08. The minimum atomic E-state index is -0.675. The van der Waals surface area contributed by atoms with Crippen LogP contribution in [0.5, 0.6) is 17.2 Å². The molecule has 0 aliphatic heterocycles. The highest BCUT2D eigenvalue weighted by atomic mass is 16.3. The van der Waals surface area contributed by atoms with Crippen LogP contribution >= 0.6 is 0 Å². The zero-order chi connectivity index (χ0) is 17.1. The first-order valence-electron chi connectivity index (χ1n) is 7.12. The molecule has 0 aromatic heterocycles. The van der Waals surface area contributed by atoms with Crippen LogP contribution in [0.1, 0.15) is 15.9 Å². The molecule has 0 aliphatic rings. The largest absolute Gasteiger partial charge is 0.504 e. The van der Waals surface area contributed by atoms with Crippen LogP contribution in [-0.2, 0) is 0 Å². The molecule has 3 aromatic carbocycles. The van der Waals surface area contributed by atoms with Gasteiger partial charge in [0.1, 0.15) is 0 Å². The van der Waals surface area contributed by atoms with Crippen molar-refractivity contribution in [1.29, 1.82) is 0 Å². The molecule has 1 amide bonds. The SMILES string of the molecule is O=C(N/N=C/c1ccc2ccccc2c1)c1cc(O)c(O)c(O)c1. The van der Waals surface area contributed by atoms with Gasteiger partial charge >= 0.3 is 0 Å². The summed E-state index contributed by atoms with van der Waals surface area (Å²) in [5.74, 6) is -2.47. The van der Waals surface area contributed by atoms with Gasteiger partial charge in [-0.3, -0.25) is 4.79 Å². The average Bonchev–Trinajstić information content (AvgIpc) is 2.59. The number of carbonyl (C=O) groups is 1. The number of aromatic hydroxyl groups is 3. The molecule has 0 unspecified atom stereocenters. The topological polar surface area (TPSA) is 102 Å². The molecule has 0 saturated heterocycles. The minimum absolute atomic E-state index is 0.0292. The molecule has 0 fully saturated rings. The lowest BCUT2D eigenvalue weighted by atomic mass is 10.1. The van der Waals surface area contributed by atoms with Gasteiger partial charge in [0.2, 0.25) is 0 Å². The highest BCUT2D eigenvalue weighted by molar-refractivity contribution is 5.96. The number of phenols is 3. The average molecular weight is 322 g/mol. The summed E-state index contributed by atoms with van der Waals surface area (Å²) in [6.07, 6.45) is 1.49. The lowest BCUT2D eigenvalue weighted by molar-refractivity contribution is 0.0954. The van der Waals surface area contributed by atoms with Gasteiger partial charge in [-0.15, -0.1) is 0 Å². The van der Waals surface area contributed by atoms with E-state index in [1.54, 1.807) is 0 Å². The number of nitrogens with zero attached hydrogens (tertiary/aromatic N) is 1.